The number of hydrogen-bond acceptors (Lipinski definition) is 5. The number of ether oxygens (including phenoxy) is 1. The molecule has 3 rings (SSSR count). The second-order valence-corrected chi connectivity index (χ2v) is 7.90. The third-order valence-corrected chi connectivity index (χ3v) is 5.63. The molecule has 1 aromatic carbocycles. The van der Waals surface area contributed by atoms with Crippen LogP contribution in [0.25, 0.3) is 0 Å². The van der Waals surface area contributed by atoms with Crippen LogP contribution in [0.2, 0.25) is 0 Å². The van der Waals surface area contributed by atoms with Crippen molar-refractivity contribution in [2.45, 2.75) is 17.9 Å². The molecule has 1 aromatic heterocycles. The topological polar surface area (TPSA) is 102 Å². The van der Waals surface area contributed by atoms with Crippen LogP contribution in [-0.2, 0) is 21.3 Å². The van der Waals surface area contributed by atoms with E-state index in [1.165, 1.54) is 12.1 Å². The molecule has 140 valence electrons. The monoisotopic (exact) mass is 378 g/mol. The highest BCUT2D eigenvalue weighted by Gasteiger charge is 2.18. The Balaban J connectivity index is 1.58. The molecule has 2 aromatic rings. The molecule has 0 aliphatic carbocycles. The van der Waals surface area contributed by atoms with Crippen LogP contribution in [0.3, 0.4) is 0 Å². The zero-order valence-electron chi connectivity index (χ0n) is 14.3. The lowest BCUT2D eigenvalue weighted by atomic mass is 10.1. The summed E-state index contributed by atoms with van der Waals surface area (Å²) in [5, 5.41) is 6.85. The van der Waals surface area contributed by atoms with Crippen LogP contribution < -0.4 is 10.0 Å². The van der Waals surface area contributed by atoms with Gasteiger partial charge in [-0.3, -0.25) is 9.48 Å². The van der Waals surface area contributed by atoms with E-state index >= 15 is 0 Å². The van der Waals surface area contributed by atoms with E-state index in [0.29, 0.717) is 31.2 Å². The van der Waals surface area contributed by atoms with Gasteiger partial charge in [0.2, 0.25) is 10.0 Å². The summed E-state index contributed by atoms with van der Waals surface area (Å²) < 4.78 is 34.3. The molecule has 8 nitrogen and oxygen atoms in total. The molecule has 0 radical (unpaired) electrons. The first-order valence-corrected chi connectivity index (χ1v) is 9.96. The molecule has 1 atom stereocenters. The summed E-state index contributed by atoms with van der Waals surface area (Å²) in [6.45, 7) is 2.53. The Kier molecular flexibility index (Phi) is 6.02. The summed E-state index contributed by atoms with van der Waals surface area (Å²) in [6, 6.07) is 7.79. The average Bonchev–Trinajstić information content (AvgIpc) is 3.33. The first-order valence-electron chi connectivity index (χ1n) is 8.48. The molecular formula is C17H22N4O4S. The maximum atomic E-state index is 12.4. The van der Waals surface area contributed by atoms with Gasteiger partial charge in [-0.1, -0.05) is 6.07 Å². The van der Waals surface area contributed by atoms with Crippen LogP contribution in [0.1, 0.15) is 16.8 Å². The molecule has 9 heteroatoms. The van der Waals surface area contributed by atoms with Crippen LogP contribution >= 0.6 is 0 Å². The summed E-state index contributed by atoms with van der Waals surface area (Å²) in [4.78, 5) is 12.3. The minimum absolute atomic E-state index is 0.0646. The Morgan fingerprint density at radius 3 is 2.96 bits per heavy atom. The van der Waals surface area contributed by atoms with Gasteiger partial charge in [-0.2, -0.15) is 5.10 Å². The molecule has 0 unspecified atom stereocenters. The van der Waals surface area contributed by atoms with E-state index in [1.807, 2.05) is 0 Å². The lowest BCUT2D eigenvalue weighted by Gasteiger charge is -2.11. The molecule has 0 spiro atoms. The van der Waals surface area contributed by atoms with Crippen molar-refractivity contribution in [3.63, 3.8) is 0 Å². The van der Waals surface area contributed by atoms with E-state index in [1.54, 1.807) is 35.3 Å². The van der Waals surface area contributed by atoms with Gasteiger partial charge in [-0.05, 0) is 30.7 Å². The largest absolute Gasteiger partial charge is 0.381 e. The van der Waals surface area contributed by atoms with E-state index in [9.17, 15) is 13.2 Å². The van der Waals surface area contributed by atoms with Crippen molar-refractivity contribution in [2.75, 3.05) is 26.3 Å². The lowest BCUT2D eigenvalue weighted by molar-refractivity contribution is 0.0945. The van der Waals surface area contributed by atoms with E-state index in [2.05, 4.69) is 15.1 Å². The summed E-state index contributed by atoms with van der Waals surface area (Å²) in [5.41, 5.74) is 0.318. The predicted octanol–water partition coefficient (Wildman–Crippen LogP) is 0.628. The molecule has 2 N–H and O–H groups in total. The predicted molar refractivity (Wildman–Crippen MR) is 95.1 cm³/mol. The standard InChI is InChI=1S/C17H22N4O4S/c22-17(18-12-14-5-10-25-13-14)15-3-1-4-16(11-15)26(23,24)20-7-9-21-8-2-6-19-21/h1-4,6,8,11,14,20H,5,7,9-10,12-13H2,(H,18,22)/t14-/m1/s1. The molecule has 1 aliphatic heterocycles. The molecule has 2 heterocycles. The third-order valence-electron chi connectivity index (χ3n) is 4.17. The number of carbonyl (C=O) groups is 1. The highest BCUT2D eigenvalue weighted by Crippen LogP contribution is 2.13. The maximum Gasteiger partial charge on any atom is 0.251 e. The number of nitrogens with zero attached hydrogens (tertiary/aromatic N) is 2. The van der Waals surface area contributed by atoms with Crippen molar-refractivity contribution >= 4 is 15.9 Å². The number of carbonyl (C=O) groups excluding carboxylic acids is 1. The van der Waals surface area contributed by atoms with E-state index in [4.69, 9.17) is 4.74 Å². The fourth-order valence-corrected chi connectivity index (χ4v) is 3.77. The zero-order chi connectivity index (χ0) is 18.4. The second-order valence-electron chi connectivity index (χ2n) is 6.13. The summed E-state index contributed by atoms with van der Waals surface area (Å²) in [5.74, 6) is 0.0281. The Morgan fingerprint density at radius 1 is 1.35 bits per heavy atom. The molecule has 1 fully saturated rings. The molecule has 0 saturated carbocycles. The number of nitrogens with one attached hydrogen (secondary N) is 2. The molecule has 26 heavy (non-hydrogen) atoms. The fraction of sp³-hybridized carbons (Fsp3) is 0.412. The first kappa shape index (κ1) is 18.6. The number of benzene rings is 1. The normalized spacial score (nSPS) is 17.3. The number of rotatable bonds is 8. The molecule has 1 saturated heterocycles. The van der Waals surface area contributed by atoms with Crippen LogP contribution in [0.15, 0.2) is 47.6 Å². The van der Waals surface area contributed by atoms with Crippen molar-refractivity contribution in [1.82, 2.24) is 19.8 Å². The van der Waals surface area contributed by atoms with Crippen LogP contribution in [0.4, 0.5) is 0 Å². The Labute approximate surface area is 152 Å². The summed E-state index contributed by atoms with van der Waals surface area (Å²) in [6.07, 6.45) is 4.32. The maximum absolute atomic E-state index is 12.4. The molecule has 1 aliphatic rings. The van der Waals surface area contributed by atoms with Crippen molar-refractivity contribution in [2.24, 2.45) is 5.92 Å². The SMILES string of the molecule is O=C(NC[C@H]1CCOC1)c1cccc(S(=O)(=O)NCCn2cccn2)c1. The third kappa shape index (κ3) is 4.90. The van der Waals surface area contributed by atoms with Gasteiger partial charge in [0.1, 0.15) is 0 Å². The van der Waals surface area contributed by atoms with E-state index < -0.39 is 10.0 Å². The van der Waals surface area contributed by atoms with Crippen LogP contribution in [0.5, 0.6) is 0 Å². The van der Waals surface area contributed by atoms with Crippen molar-refractivity contribution < 1.29 is 17.9 Å². The van der Waals surface area contributed by atoms with Crippen molar-refractivity contribution in [3.8, 4) is 0 Å². The minimum Gasteiger partial charge on any atom is -0.381 e. The smallest absolute Gasteiger partial charge is 0.251 e. The molecular weight excluding hydrogens is 356 g/mol. The van der Waals surface area contributed by atoms with Gasteiger partial charge in [0.05, 0.1) is 18.0 Å². The number of aromatic nitrogens is 2. The van der Waals surface area contributed by atoms with Gasteiger partial charge in [0, 0.05) is 43.6 Å². The van der Waals surface area contributed by atoms with Gasteiger partial charge < -0.3 is 10.1 Å². The summed E-state index contributed by atoms with van der Waals surface area (Å²) >= 11 is 0. The first-order chi connectivity index (χ1) is 12.5. The van der Waals surface area contributed by atoms with Crippen LogP contribution in [0, 0.1) is 5.92 Å². The Morgan fingerprint density at radius 2 is 2.23 bits per heavy atom. The van der Waals surface area contributed by atoms with Gasteiger partial charge in [-0.25, -0.2) is 13.1 Å². The van der Waals surface area contributed by atoms with Gasteiger partial charge in [-0.15, -0.1) is 0 Å². The van der Waals surface area contributed by atoms with Gasteiger partial charge in [0.25, 0.3) is 5.91 Å². The highest BCUT2D eigenvalue weighted by molar-refractivity contribution is 7.89. The van der Waals surface area contributed by atoms with Gasteiger partial charge in [0.15, 0.2) is 0 Å². The lowest BCUT2D eigenvalue weighted by Crippen LogP contribution is -2.30. The van der Waals surface area contributed by atoms with E-state index in [-0.39, 0.29) is 17.3 Å². The molecule has 1 amide bonds. The number of hydrogen-bond donors (Lipinski definition) is 2. The van der Waals surface area contributed by atoms with Crippen LogP contribution in [-0.4, -0.2) is 50.4 Å². The second kappa shape index (κ2) is 8.43. The van der Waals surface area contributed by atoms with Gasteiger partial charge >= 0.3 is 0 Å². The number of amides is 1. The Hall–Kier alpha value is -2.23. The van der Waals surface area contributed by atoms with Crippen molar-refractivity contribution in [1.29, 1.82) is 0 Å². The quantitative estimate of drug-likeness (QED) is 0.701. The van der Waals surface area contributed by atoms with Crippen molar-refractivity contribution in [3.05, 3.63) is 48.3 Å². The number of sulfonamides is 1. The van der Waals surface area contributed by atoms with E-state index in [0.717, 1.165) is 13.0 Å². The Bertz CT molecular complexity index is 830. The summed E-state index contributed by atoms with van der Waals surface area (Å²) in [7, 11) is -3.69. The highest BCUT2D eigenvalue weighted by atomic mass is 32.2. The fourth-order valence-electron chi connectivity index (χ4n) is 2.70. The molecule has 0 bridgehead atoms. The minimum atomic E-state index is -3.69. The zero-order valence-corrected chi connectivity index (χ0v) is 15.1. The average molecular weight is 378 g/mol.